The topological polar surface area (TPSA) is 38.1 Å². The lowest BCUT2D eigenvalue weighted by atomic mass is 10.2. The van der Waals surface area contributed by atoms with Crippen LogP contribution in [0.3, 0.4) is 0 Å². The molecule has 74 valence electrons. The molecule has 0 bridgehead atoms. The molecule has 1 heterocycles. The Hall–Kier alpha value is -0.970. The molecular weight excluding hydrogens is 178 g/mol. The van der Waals surface area contributed by atoms with Gasteiger partial charge in [0.15, 0.2) is 5.76 Å². The van der Waals surface area contributed by atoms with E-state index in [4.69, 9.17) is 4.42 Å². The van der Waals surface area contributed by atoms with E-state index in [2.05, 4.69) is 10.3 Å². The number of hydrogen-bond acceptors (Lipinski definition) is 3. The van der Waals surface area contributed by atoms with Crippen LogP contribution in [0.25, 0.3) is 0 Å². The van der Waals surface area contributed by atoms with Crippen molar-refractivity contribution in [2.75, 3.05) is 7.05 Å². The molecule has 0 amide bonds. The Labute approximate surface area is 75.2 Å². The second kappa shape index (κ2) is 3.41. The minimum Gasteiger partial charge on any atom is -0.438 e. The van der Waals surface area contributed by atoms with E-state index in [1.165, 1.54) is 6.92 Å². The zero-order valence-corrected chi connectivity index (χ0v) is 7.82. The van der Waals surface area contributed by atoms with Gasteiger partial charge < -0.3 is 9.73 Å². The molecule has 0 spiro atoms. The quantitative estimate of drug-likeness (QED) is 0.789. The molecule has 0 atom stereocenters. The lowest BCUT2D eigenvalue weighted by Gasteiger charge is -2.05. The van der Waals surface area contributed by atoms with E-state index in [9.17, 15) is 8.78 Å². The smallest absolute Gasteiger partial charge is 0.303 e. The highest BCUT2D eigenvalue weighted by Crippen LogP contribution is 2.30. The molecule has 1 N–H and O–H groups in total. The van der Waals surface area contributed by atoms with Crippen molar-refractivity contribution in [1.29, 1.82) is 0 Å². The SMILES string of the molecule is CNCc1nc(C)c(C(C)(F)F)o1. The van der Waals surface area contributed by atoms with Gasteiger partial charge in [-0.05, 0) is 14.0 Å². The first-order valence-corrected chi connectivity index (χ1v) is 3.94. The Morgan fingerprint density at radius 3 is 2.54 bits per heavy atom. The predicted octanol–water partition coefficient (Wildman–Crippen LogP) is 1.81. The molecule has 0 unspecified atom stereocenters. The highest BCUT2D eigenvalue weighted by atomic mass is 19.3. The van der Waals surface area contributed by atoms with E-state index in [1.54, 1.807) is 7.05 Å². The molecule has 0 aromatic carbocycles. The molecule has 0 aliphatic rings. The molecule has 0 aliphatic heterocycles. The van der Waals surface area contributed by atoms with Crippen LogP contribution >= 0.6 is 0 Å². The number of alkyl halides is 2. The van der Waals surface area contributed by atoms with Crippen LogP contribution in [0.4, 0.5) is 8.78 Å². The highest BCUT2D eigenvalue weighted by molar-refractivity contribution is 5.12. The Morgan fingerprint density at radius 2 is 2.15 bits per heavy atom. The molecule has 0 radical (unpaired) electrons. The third kappa shape index (κ3) is 2.24. The summed E-state index contributed by atoms with van der Waals surface area (Å²) in [6.07, 6.45) is 0. The third-order valence-electron chi connectivity index (χ3n) is 1.57. The number of oxazole rings is 1. The average Bonchev–Trinajstić information content (AvgIpc) is 2.30. The summed E-state index contributed by atoms with van der Waals surface area (Å²) in [5.74, 6) is -3.02. The van der Waals surface area contributed by atoms with Crippen molar-refractivity contribution in [1.82, 2.24) is 10.3 Å². The minimum absolute atomic E-state index is 0.248. The summed E-state index contributed by atoms with van der Waals surface area (Å²) in [5, 5.41) is 2.77. The lowest BCUT2D eigenvalue weighted by Crippen LogP contribution is -2.07. The van der Waals surface area contributed by atoms with Crippen molar-refractivity contribution in [3.05, 3.63) is 17.3 Å². The van der Waals surface area contributed by atoms with Crippen LogP contribution < -0.4 is 5.32 Å². The standard InChI is InChI=1S/C8H12F2N2O/c1-5-7(8(2,9)10)13-6(12-5)4-11-3/h11H,4H2,1-3H3. The Bertz CT molecular complexity index is 291. The first kappa shape index (κ1) is 10.1. The largest absolute Gasteiger partial charge is 0.438 e. The van der Waals surface area contributed by atoms with Crippen LogP contribution in [0.5, 0.6) is 0 Å². The molecule has 0 aliphatic carbocycles. The lowest BCUT2D eigenvalue weighted by molar-refractivity contribution is -0.00706. The fraction of sp³-hybridized carbons (Fsp3) is 0.625. The number of hydrogen-bond donors (Lipinski definition) is 1. The first-order chi connectivity index (χ1) is 5.95. The van der Waals surface area contributed by atoms with Gasteiger partial charge in [0.05, 0.1) is 12.2 Å². The highest BCUT2D eigenvalue weighted by Gasteiger charge is 2.32. The molecule has 0 fully saturated rings. The van der Waals surface area contributed by atoms with Crippen LogP contribution in [-0.2, 0) is 12.5 Å². The summed E-state index contributed by atoms with van der Waals surface area (Å²) in [6.45, 7) is 2.66. The van der Waals surface area contributed by atoms with Gasteiger partial charge in [-0.25, -0.2) is 4.98 Å². The van der Waals surface area contributed by atoms with Gasteiger partial charge in [-0.2, -0.15) is 8.78 Å². The number of nitrogens with one attached hydrogen (secondary N) is 1. The summed E-state index contributed by atoms with van der Waals surface area (Å²) >= 11 is 0. The minimum atomic E-state index is -2.96. The fourth-order valence-electron chi connectivity index (χ4n) is 1.09. The zero-order chi connectivity index (χ0) is 10.1. The van der Waals surface area contributed by atoms with Gasteiger partial charge in [0.2, 0.25) is 5.89 Å². The van der Waals surface area contributed by atoms with Crippen LogP contribution in [0, 0.1) is 6.92 Å². The Balaban J connectivity index is 2.96. The summed E-state index contributed by atoms with van der Waals surface area (Å²) in [5.41, 5.74) is 0.248. The molecule has 5 heteroatoms. The number of aryl methyl sites for hydroxylation is 1. The first-order valence-electron chi connectivity index (χ1n) is 3.94. The molecule has 1 aromatic rings. The number of nitrogens with zero attached hydrogens (tertiary/aromatic N) is 1. The monoisotopic (exact) mass is 190 g/mol. The van der Waals surface area contributed by atoms with Crippen molar-refractivity contribution in [3.8, 4) is 0 Å². The van der Waals surface area contributed by atoms with Crippen molar-refractivity contribution in [2.45, 2.75) is 26.3 Å². The molecule has 1 rings (SSSR count). The van der Waals surface area contributed by atoms with Gasteiger partial charge in [0.1, 0.15) is 0 Å². The van der Waals surface area contributed by atoms with Gasteiger partial charge in [-0.15, -0.1) is 0 Å². The van der Waals surface area contributed by atoms with E-state index in [-0.39, 0.29) is 17.3 Å². The Kier molecular flexibility index (Phi) is 2.66. The molecular formula is C8H12F2N2O. The van der Waals surface area contributed by atoms with Gasteiger partial charge in [-0.3, -0.25) is 0 Å². The molecule has 1 aromatic heterocycles. The second-order valence-electron chi connectivity index (χ2n) is 2.94. The summed E-state index contributed by atoms with van der Waals surface area (Å²) < 4.78 is 30.5. The predicted molar refractivity (Wildman–Crippen MR) is 43.6 cm³/mol. The van der Waals surface area contributed by atoms with Gasteiger partial charge in [0, 0.05) is 6.92 Å². The number of aromatic nitrogens is 1. The van der Waals surface area contributed by atoms with Crippen molar-refractivity contribution < 1.29 is 13.2 Å². The van der Waals surface area contributed by atoms with Gasteiger partial charge in [0.25, 0.3) is 0 Å². The van der Waals surface area contributed by atoms with Crippen LogP contribution in [-0.4, -0.2) is 12.0 Å². The van der Waals surface area contributed by atoms with Crippen LogP contribution in [0.1, 0.15) is 24.3 Å². The summed E-state index contributed by atoms with van der Waals surface area (Å²) in [4.78, 5) is 3.86. The second-order valence-corrected chi connectivity index (χ2v) is 2.94. The third-order valence-corrected chi connectivity index (χ3v) is 1.57. The van der Waals surface area contributed by atoms with E-state index in [0.717, 1.165) is 6.92 Å². The van der Waals surface area contributed by atoms with Gasteiger partial charge >= 0.3 is 5.92 Å². The Morgan fingerprint density at radius 1 is 1.54 bits per heavy atom. The zero-order valence-electron chi connectivity index (χ0n) is 7.82. The van der Waals surface area contributed by atoms with Crippen molar-refractivity contribution in [2.24, 2.45) is 0 Å². The summed E-state index contributed by atoms with van der Waals surface area (Å²) in [7, 11) is 1.70. The average molecular weight is 190 g/mol. The van der Waals surface area contributed by atoms with Crippen molar-refractivity contribution >= 4 is 0 Å². The number of rotatable bonds is 3. The van der Waals surface area contributed by atoms with Crippen LogP contribution in [0.2, 0.25) is 0 Å². The molecule has 0 saturated carbocycles. The molecule has 3 nitrogen and oxygen atoms in total. The van der Waals surface area contributed by atoms with Crippen molar-refractivity contribution in [3.63, 3.8) is 0 Å². The maximum atomic E-state index is 12.8. The molecule has 0 saturated heterocycles. The van der Waals surface area contributed by atoms with Crippen LogP contribution in [0.15, 0.2) is 4.42 Å². The maximum absolute atomic E-state index is 12.8. The fourth-order valence-corrected chi connectivity index (χ4v) is 1.09. The van der Waals surface area contributed by atoms with E-state index >= 15 is 0 Å². The normalized spacial score (nSPS) is 12.1. The van der Waals surface area contributed by atoms with E-state index < -0.39 is 5.92 Å². The van der Waals surface area contributed by atoms with E-state index in [0.29, 0.717) is 6.54 Å². The number of halogens is 2. The molecule has 13 heavy (non-hydrogen) atoms. The summed E-state index contributed by atoms with van der Waals surface area (Å²) in [6, 6.07) is 0. The van der Waals surface area contributed by atoms with E-state index in [1.807, 2.05) is 0 Å². The maximum Gasteiger partial charge on any atom is 0.303 e. The van der Waals surface area contributed by atoms with Gasteiger partial charge in [-0.1, -0.05) is 0 Å².